The number of nitrogens with zero attached hydrogens (tertiary/aromatic N) is 2. The Bertz CT molecular complexity index is 201. The zero-order valence-corrected chi connectivity index (χ0v) is 9.29. The van der Waals surface area contributed by atoms with E-state index in [1.54, 1.807) is 11.9 Å². The van der Waals surface area contributed by atoms with E-state index < -0.39 is 0 Å². The summed E-state index contributed by atoms with van der Waals surface area (Å²) in [6.45, 7) is 12.1. The molecule has 0 heterocycles. The van der Waals surface area contributed by atoms with Crippen molar-refractivity contribution < 1.29 is 4.79 Å². The third-order valence-electron chi connectivity index (χ3n) is 2.32. The van der Waals surface area contributed by atoms with E-state index in [1.165, 1.54) is 0 Å². The lowest BCUT2D eigenvalue weighted by atomic mass is 10.2. The lowest BCUT2D eigenvalue weighted by molar-refractivity contribution is -0.145. The molecule has 0 bridgehead atoms. The van der Waals surface area contributed by atoms with Crippen molar-refractivity contribution in [3.63, 3.8) is 0 Å². The first-order valence-corrected chi connectivity index (χ1v) is 4.58. The van der Waals surface area contributed by atoms with Gasteiger partial charge in [-0.15, -0.1) is 0 Å². The Morgan fingerprint density at radius 3 is 2.15 bits per heavy atom. The highest BCUT2D eigenvalue weighted by atomic mass is 16.2. The van der Waals surface area contributed by atoms with E-state index in [9.17, 15) is 4.79 Å². The van der Waals surface area contributed by atoms with E-state index in [4.69, 9.17) is 0 Å². The topological polar surface area (TPSA) is 23.6 Å². The molecule has 3 nitrogen and oxygen atoms in total. The molecule has 1 amide bonds. The number of hydrazine groups is 1. The molecule has 0 aliphatic carbocycles. The van der Waals surface area contributed by atoms with Crippen LogP contribution in [0.5, 0.6) is 0 Å². The molecule has 0 aromatic heterocycles. The van der Waals surface area contributed by atoms with Crippen molar-refractivity contribution in [2.45, 2.75) is 33.7 Å². The second kappa shape index (κ2) is 5.02. The Balaban J connectivity index is 4.45. The van der Waals surface area contributed by atoms with Gasteiger partial charge in [0.1, 0.15) is 0 Å². The molecule has 0 saturated carbocycles. The summed E-state index contributed by atoms with van der Waals surface area (Å²) in [7, 11) is 1.91. The number of hydrogen-bond acceptors (Lipinski definition) is 2. The first-order valence-electron chi connectivity index (χ1n) is 4.58. The van der Waals surface area contributed by atoms with Crippen molar-refractivity contribution in [1.29, 1.82) is 0 Å². The molecule has 0 fully saturated rings. The molecular weight excluding hydrogens is 164 g/mol. The van der Waals surface area contributed by atoms with E-state index >= 15 is 0 Å². The predicted octanol–water partition coefficient (Wildman–Crippen LogP) is 1.67. The molecule has 0 N–H and O–H groups in total. The Kier molecular flexibility index (Phi) is 4.70. The average Bonchev–Trinajstić information content (AvgIpc) is 2.03. The lowest BCUT2D eigenvalue weighted by Crippen LogP contribution is -2.47. The number of hydrogen-bond donors (Lipinski definition) is 0. The fourth-order valence-corrected chi connectivity index (χ4v) is 1.20. The molecule has 76 valence electrons. The third kappa shape index (κ3) is 3.19. The van der Waals surface area contributed by atoms with Gasteiger partial charge in [0.25, 0.3) is 0 Å². The largest absolute Gasteiger partial charge is 0.276 e. The van der Waals surface area contributed by atoms with Crippen LogP contribution < -0.4 is 0 Å². The molecular formula is C10H20N2O. The van der Waals surface area contributed by atoms with E-state index in [-0.39, 0.29) is 11.9 Å². The van der Waals surface area contributed by atoms with Crippen LogP contribution in [0, 0.1) is 0 Å². The highest BCUT2D eigenvalue weighted by molar-refractivity contribution is 5.72. The maximum Gasteiger partial charge on any atom is 0.233 e. The number of carbonyl (C=O) groups is 1. The fraction of sp³-hybridized carbons (Fsp3) is 0.700. The van der Waals surface area contributed by atoms with Crippen molar-refractivity contribution in [3.8, 4) is 0 Å². The number of rotatable bonds is 4. The van der Waals surface area contributed by atoms with Crippen LogP contribution in [0.3, 0.4) is 0 Å². The van der Waals surface area contributed by atoms with E-state index in [1.807, 2.05) is 32.8 Å². The summed E-state index contributed by atoms with van der Waals surface area (Å²) in [6.07, 6.45) is 0. The van der Waals surface area contributed by atoms with Gasteiger partial charge in [-0.1, -0.05) is 12.2 Å². The van der Waals surface area contributed by atoms with Crippen LogP contribution in [0.4, 0.5) is 0 Å². The molecule has 0 saturated heterocycles. The highest BCUT2D eigenvalue weighted by Crippen LogP contribution is 2.08. The van der Waals surface area contributed by atoms with E-state index in [0.717, 1.165) is 5.57 Å². The molecule has 0 aliphatic rings. The van der Waals surface area contributed by atoms with Crippen LogP contribution >= 0.6 is 0 Å². The summed E-state index contributed by atoms with van der Waals surface area (Å²) < 4.78 is 0. The molecule has 0 radical (unpaired) electrons. The first kappa shape index (κ1) is 12.2. The maximum absolute atomic E-state index is 11.2. The molecule has 1 atom stereocenters. The van der Waals surface area contributed by atoms with Gasteiger partial charge in [0, 0.05) is 26.6 Å². The van der Waals surface area contributed by atoms with Gasteiger partial charge in [-0.2, -0.15) is 0 Å². The third-order valence-corrected chi connectivity index (χ3v) is 2.32. The average molecular weight is 184 g/mol. The summed E-state index contributed by atoms with van der Waals surface area (Å²) in [6, 6.07) is 0.198. The first-order chi connectivity index (χ1) is 5.91. The van der Waals surface area contributed by atoms with Crippen LogP contribution in [0.1, 0.15) is 27.7 Å². The zero-order chi connectivity index (χ0) is 10.6. The van der Waals surface area contributed by atoms with Crippen LogP contribution in [-0.2, 0) is 4.79 Å². The van der Waals surface area contributed by atoms with Gasteiger partial charge in [-0.25, -0.2) is 5.01 Å². The highest BCUT2D eigenvalue weighted by Gasteiger charge is 2.17. The smallest absolute Gasteiger partial charge is 0.233 e. The van der Waals surface area contributed by atoms with Crippen molar-refractivity contribution in [2.24, 2.45) is 0 Å². The van der Waals surface area contributed by atoms with Crippen molar-refractivity contribution in [2.75, 3.05) is 13.6 Å². The van der Waals surface area contributed by atoms with Gasteiger partial charge >= 0.3 is 0 Å². The minimum absolute atomic E-state index is 0.0677. The van der Waals surface area contributed by atoms with Gasteiger partial charge < -0.3 is 0 Å². The second-order valence-electron chi connectivity index (χ2n) is 3.33. The SMILES string of the molecule is C=C(C)C(C)N(C)N(CC)C(C)=O. The second-order valence-corrected chi connectivity index (χ2v) is 3.33. The number of carbonyl (C=O) groups excluding carboxylic acids is 1. The lowest BCUT2D eigenvalue weighted by Gasteiger charge is -2.35. The van der Waals surface area contributed by atoms with Gasteiger partial charge in [-0.3, -0.25) is 9.80 Å². The summed E-state index contributed by atoms with van der Waals surface area (Å²) in [5.74, 6) is 0.0677. The van der Waals surface area contributed by atoms with Crippen molar-refractivity contribution >= 4 is 5.91 Å². The quantitative estimate of drug-likeness (QED) is 0.490. The monoisotopic (exact) mass is 184 g/mol. The Hall–Kier alpha value is -0.830. The Morgan fingerprint density at radius 2 is 1.92 bits per heavy atom. The zero-order valence-electron chi connectivity index (χ0n) is 9.29. The molecule has 0 spiro atoms. The molecule has 13 heavy (non-hydrogen) atoms. The number of amides is 1. The Morgan fingerprint density at radius 1 is 1.46 bits per heavy atom. The summed E-state index contributed by atoms with van der Waals surface area (Å²) >= 11 is 0. The van der Waals surface area contributed by atoms with E-state index in [0.29, 0.717) is 6.54 Å². The molecule has 0 rings (SSSR count). The van der Waals surface area contributed by atoms with Crippen LogP contribution in [0.25, 0.3) is 0 Å². The molecule has 1 unspecified atom stereocenters. The molecule has 0 aromatic carbocycles. The normalized spacial score (nSPS) is 12.8. The van der Waals surface area contributed by atoms with Crippen LogP contribution in [0.2, 0.25) is 0 Å². The van der Waals surface area contributed by atoms with Gasteiger partial charge in [0.05, 0.1) is 0 Å². The molecule has 0 aliphatic heterocycles. The van der Waals surface area contributed by atoms with Crippen molar-refractivity contribution in [3.05, 3.63) is 12.2 Å². The maximum atomic E-state index is 11.2. The summed E-state index contributed by atoms with van der Waals surface area (Å²) in [4.78, 5) is 11.2. The molecule has 3 heteroatoms. The van der Waals surface area contributed by atoms with E-state index in [2.05, 4.69) is 6.58 Å². The Labute approximate surface area is 81.0 Å². The standard InChI is InChI=1S/C10H20N2O/c1-7-12(10(5)13)11(6)9(4)8(2)3/h9H,2,7H2,1,3-6H3. The van der Waals surface area contributed by atoms with Crippen LogP contribution in [0.15, 0.2) is 12.2 Å². The molecule has 0 aromatic rings. The predicted molar refractivity (Wildman–Crippen MR) is 55.1 cm³/mol. The minimum Gasteiger partial charge on any atom is -0.276 e. The summed E-state index contributed by atoms with van der Waals surface area (Å²) in [5.41, 5.74) is 1.06. The van der Waals surface area contributed by atoms with Gasteiger partial charge in [-0.05, 0) is 20.8 Å². The van der Waals surface area contributed by atoms with Crippen molar-refractivity contribution in [1.82, 2.24) is 10.0 Å². The van der Waals surface area contributed by atoms with Gasteiger partial charge in [0.15, 0.2) is 0 Å². The fourth-order valence-electron chi connectivity index (χ4n) is 1.20. The van der Waals surface area contributed by atoms with Gasteiger partial charge in [0.2, 0.25) is 5.91 Å². The minimum atomic E-state index is 0.0677. The summed E-state index contributed by atoms with van der Waals surface area (Å²) in [5, 5.41) is 3.63. The number of likely N-dealkylation sites (N-methyl/N-ethyl adjacent to an activating group) is 1. The van der Waals surface area contributed by atoms with Crippen LogP contribution in [-0.4, -0.2) is 35.6 Å².